The Hall–Kier alpha value is -3.30. The van der Waals surface area contributed by atoms with Gasteiger partial charge in [0.15, 0.2) is 5.82 Å². The van der Waals surface area contributed by atoms with E-state index < -0.39 is 12.0 Å². The molecule has 0 spiro atoms. The molecule has 166 valence electrons. The van der Waals surface area contributed by atoms with Crippen LogP contribution in [0.1, 0.15) is 57.7 Å². The number of hydrogen-bond acceptors (Lipinski definition) is 7. The average molecular weight is 452 g/mol. The summed E-state index contributed by atoms with van der Waals surface area (Å²) in [6.45, 7) is 6.04. The Morgan fingerprint density at radius 1 is 1.22 bits per heavy atom. The van der Waals surface area contributed by atoms with Gasteiger partial charge >= 0.3 is 5.97 Å². The van der Waals surface area contributed by atoms with Crippen molar-refractivity contribution >= 4 is 23.0 Å². The highest BCUT2D eigenvalue weighted by atomic mass is 32.1. The lowest BCUT2D eigenvalue weighted by Gasteiger charge is -2.11. The van der Waals surface area contributed by atoms with Crippen LogP contribution < -0.4 is 5.48 Å². The summed E-state index contributed by atoms with van der Waals surface area (Å²) in [5, 5.41) is 27.6. The number of carboxylic acids is 1. The lowest BCUT2D eigenvalue weighted by molar-refractivity contribution is -0.137. The molecule has 3 heterocycles. The Bertz CT molecular complexity index is 1210. The first-order valence-corrected chi connectivity index (χ1v) is 11.2. The van der Waals surface area contributed by atoms with E-state index >= 15 is 0 Å². The van der Waals surface area contributed by atoms with Gasteiger partial charge in [-0.1, -0.05) is 30.3 Å². The lowest BCUT2D eigenvalue weighted by atomic mass is 9.98. The Morgan fingerprint density at radius 3 is 2.66 bits per heavy atom. The number of fused-ring (bicyclic) bond motifs is 3. The molecular formula is C23H25N5O3S. The summed E-state index contributed by atoms with van der Waals surface area (Å²) in [7, 11) is 0. The van der Waals surface area contributed by atoms with Crippen LogP contribution in [0.2, 0.25) is 0 Å². The van der Waals surface area contributed by atoms with Gasteiger partial charge in [-0.05, 0) is 44.7 Å². The maximum atomic E-state index is 11.6. The van der Waals surface area contributed by atoms with Crippen LogP contribution in [0.5, 0.6) is 0 Å². The Kier molecular flexibility index (Phi) is 6.20. The highest BCUT2D eigenvalue weighted by Gasteiger charge is 2.32. The molecule has 0 fully saturated rings. The standard InChI is InChI=1S/C23H25N5O3S/c1-13-14(2)32-23-20(13)21(17-9-7-16(8-10-17)6-4-5-11-24-31)25-18(12-19(29)30)22-27-26-15(3)28(22)23/h5,7-11,18,24,31H,4,6,12H2,1-3H3,(H,29,30)/b11-5-/t18-/m1/s1. The molecule has 0 amide bonds. The molecule has 0 radical (unpaired) electrons. The minimum atomic E-state index is -0.927. The molecule has 3 aromatic rings. The van der Waals surface area contributed by atoms with E-state index in [1.165, 1.54) is 16.6 Å². The summed E-state index contributed by atoms with van der Waals surface area (Å²) in [5.41, 5.74) is 7.04. The van der Waals surface area contributed by atoms with Gasteiger partial charge in [0, 0.05) is 22.2 Å². The molecule has 1 aliphatic rings. The third kappa shape index (κ3) is 4.09. The van der Waals surface area contributed by atoms with Crippen molar-refractivity contribution in [1.29, 1.82) is 0 Å². The van der Waals surface area contributed by atoms with Gasteiger partial charge in [-0.3, -0.25) is 25.0 Å². The monoisotopic (exact) mass is 451 g/mol. The minimum Gasteiger partial charge on any atom is -0.481 e. The van der Waals surface area contributed by atoms with Crippen LogP contribution in [0.4, 0.5) is 0 Å². The van der Waals surface area contributed by atoms with E-state index in [1.54, 1.807) is 11.3 Å². The Balaban J connectivity index is 1.81. The average Bonchev–Trinajstić information content (AvgIpc) is 3.24. The second kappa shape index (κ2) is 9.05. The van der Waals surface area contributed by atoms with Crippen molar-refractivity contribution in [3.8, 4) is 5.00 Å². The van der Waals surface area contributed by atoms with Crippen LogP contribution in [0.3, 0.4) is 0 Å². The largest absolute Gasteiger partial charge is 0.481 e. The van der Waals surface area contributed by atoms with E-state index in [9.17, 15) is 9.90 Å². The first-order valence-electron chi connectivity index (χ1n) is 10.4. The fraction of sp³-hybridized carbons (Fsp3) is 0.304. The number of thiophene rings is 1. The number of nitrogens with one attached hydrogen (secondary N) is 1. The maximum absolute atomic E-state index is 11.6. The molecule has 0 bridgehead atoms. The number of rotatable bonds is 7. The van der Waals surface area contributed by atoms with Crippen molar-refractivity contribution in [2.24, 2.45) is 4.99 Å². The zero-order chi connectivity index (χ0) is 22.8. The van der Waals surface area contributed by atoms with Crippen LogP contribution in [-0.2, 0) is 11.2 Å². The molecule has 1 aliphatic heterocycles. The van der Waals surface area contributed by atoms with Gasteiger partial charge in [0.25, 0.3) is 0 Å². The number of hydrogen-bond donors (Lipinski definition) is 3. The van der Waals surface area contributed by atoms with Crippen molar-refractivity contribution in [1.82, 2.24) is 20.2 Å². The van der Waals surface area contributed by atoms with Crippen molar-refractivity contribution in [3.63, 3.8) is 0 Å². The SMILES string of the molecule is Cc1sc2c(c1C)C(c1ccc(CC/C=C\NO)cc1)=N[C@H](CC(=O)O)c1nnc(C)n1-2. The Labute approximate surface area is 189 Å². The summed E-state index contributed by atoms with van der Waals surface area (Å²) < 4.78 is 1.96. The summed E-state index contributed by atoms with van der Waals surface area (Å²) >= 11 is 1.65. The van der Waals surface area contributed by atoms with Gasteiger partial charge in [0.05, 0.1) is 12.1 Å². The topological polar surface area (TPSA) is 113 Å². The number of carbonyl (C=O) groups is 1. The predicted octanol–water partition coefficient (Wildman–Crippen LogP) is 4.05. The molecule has 3 N–H and O–H groups in total. The van der Waals surface area contributed by atoms with Crippen molar-refractivity contribution in [3.05, 3.63) is 75.3 Å². The summed E-state index contributed by atoms with van der Waals surface area (Å²) in [6.07, 6.45) is 4.85. The molecule has 0 aliphatic carbocycles. The number of aryl methyl sites for hydroxylation is 3. The quantitative estimate of drug-likeness (QED) is 0.467. The van der Waals surface area contributed by atoms with Gasteiger partial charge < -0.3 is 5.11 Å². The smallest absolute Gasteiger partial charge is 0.306 e. The van der Waals surface area contributed by atoms with E-state index in [1.807, 2.05) is 35.2 Å². The van der Waals surface area contributed by atoms with Gasteiger partial charge in [-0.15, -0.1) is 21.5 Å². The first kappa shape index (κ1) is 21.9. The normalized spacial score (nSPS) is 15.2. The highest BCUT2D eigenvalue weighted by molar-refractivity contribution is 7.15. The minimum absolute atomic E-state index is 0.155. The summed E-state index contributed by atoms with van der Waals surface area (Å²) in [4.78, 5) is 17.7. The van der Waals surface area contributed by atoms with Gasteiger partial charge in [-0.2, -0.15) is 0 Å². The van der Waals surface area contributed by atoms with E-state index in [2.05, 4.69) is 36.2 Å². The van der Waals surface area contributed by atoms with Crippen molar-refractivity contribution in [2.75, 3.05) is 0 Å². The zero-order valence-electron chi connectivity index (χ0n) is 18.2. The van der Waals surface area contributed by atoms with Gasteiger partial charge in [0.1, 0.15) is 16.9 Å². The second-order valence-corrected chi connectivity index (χ2v) is 8.97. The number of nitrogens with zero attached hydrogens (tertiary/aromatic N) is 4. The number of aromatic nitrogens is 3. The number of benzene rings is 1. The molecular weight excluding hydrogens is 426 g/mol. The first-order chi connectivity index (χ1) is 15.4. The molecule has 0 unspecified atom stereocenters. The predicted molar refractivity (Wildman–Crippen MR) is 123 cm³/mol. The van der Waals surface area contributed by atoms with E-state index in [4.69, 9.17) is 10.2 Å². The third-order valence-electron chi connectivity index (χ3n) is 5.63. The van der Waals surface area contributed by atoms with Crippen LogP contribution >= 0.6 is 11.3 Å². The third-order valence-corrected chi connectivity index (χ3v) is 6.82. The number of aliphatic imine (C=N–C) groups is 1. The fourth-order valence-electron chi connectivity index (χ4n) is 3.91. The van der Waals surface area contributed by atoms with Crippen LogP contribution in [0.15, 0.2) is 41.5 Å². The van der Waals surface area contributed by atoms with Crippen LogP contribution in [-0.4, -0.2) is 36.8 Å². The highest BCUT2D eigenvalue weighted by Crippen LogP contribution is 2.39. The molecule has 1 aromatic carbocycles. The second-order valence-electron chi connectivity index (χ2n) is 7.76. The number of carboxylic acid groups (broad SMARTS) is 1. The molecule has 8 nitrogen and oxygen atoms in total. The molecule has 32 heavy (non-hydrogen) atoms. The van der Waals surface area contributed by atoms with Crippen molar-refractivity contribution < 1.29 is 15.1 Å². The molecule has 0 saturated carbocycles. The van der Waals surface area contributed by atoms with Crippen LogP contribution in [0, 0.1) is 20.8 Å². The summed E-state index contributed by atoms with van der Waals surface area (Å²) in [5.74, 6) is 0.350. The van der Waals surface area contributed by atoms with Gasteiger partial charge in [0.2, 0.25) is 0 Å². The van der Waals surface area contributed by atoms with Gasteiger partial charge in [-0.25, -0.2) is 0 Å². The van der Waals surface area contributed by atoms with E-state index in [-0.39, 0.29) is 6.42 Å². The van der Waals surface area contributed by atoms with E-state index in [0.29, 0.717) is 5.82 Å². The molecule has 2 aromatic heterocycles. The molecule has 0 saturated heterocycles. The Morgan fingerprint density at radius 2 is 1.97 bits per heavy atom. The van der Waals surface area contributed by atoms with Crippen molar-refractivity contribution in [2.45, 2.75) is 46.1 Å². The fourth-order valence-corrected chi connectivity index (χ4v) is 5.12. The number of hydroxylamine groups is 1. The molecule has 1 atom stereocenters. The summed E-state index contributed by atoms with van der Waals surface area (Å²) in [6, 6.07) is 7.58. The van der Waals surface area contributed by atoms with Crippen LogP contribution in [0.25, 0.3) is 5.00 Å². The molecule has 9 heteroatoms. The zero-order valence-corrected chi connectivity index (χ0v) is 19.0. The maximum Gasteiger partial charge on any atom is 0.306 e. The number of aliphatic carboxylic acids is 1. The molecule has 4 rings (SSSR count). The lowest BCUT2D eigenvalue weighted by Crippen LogP contribution is -2.10. The number of allylic oxidation sites excluding steroid dienone is 1. The van der Waals surface area contributed by atoms with E-state index in [0.717, 1.165) is 46.1 Å².